The lowest BCUT2D eigenvalue weighted by Crippen LogP contribution is -2.30. The molecule has 1 aromatic heterocycles. The van der Waals surface area contributed by atoms with Crippen LogP contribution in [0.25, 0.3) is 10.2 Å². The van der Waals surface area contributed by atoms with Gasteiger partial charge in [-0.05, 0) is 43.0 Å². The van der Waals surface area contributed by atoms with Gasteiger partial charge in [0.15, 0.2) is 0 Å². The molecule has 2 rings (SSSR count). The van der Waals surface area contributed by atoms with Crippen molar-refractivity contribution in [3.05, 3.63) is 29.3 Å². The van der Waals surface area contributed by atoms with E-state index in [2.05, 4.69) is 57.3 Å². The van der Waals surface area contributed by atoms with E-state index in [1.165, 1.54) is 9.71 Å². The minimum Gasteiger partial charge on any atom is -0.316 e. The van der Waals surface area contributed by atoms with E-state index < -0.39 is 0 Å². The van der Waals surface area contributed by atoms with Crippen LogP contribution in [0.5, 0.6) is 0 Å². The molecular formula is C17H26N2S. The number of thiazole rings is 1. The van der Waals surface area contributed by atoms with Crippen LogP contribution in [0.3, 0.4) is 0 Å². The molecule has 110 valence electrons. The summed E-state index contributed by atoms with van der Waals surface area (Å²) >= 11 is 1.84. The predicted molar refractivity (Wildman–Crippen MR) is 89.4 cm³/mol. The lowest BCUT2D eigenvalue weighted by molar-refractivity contribution is 0.352. The Hall–Kier alpha value is -0.930. The van der Waals surface area contributed by atoms with Crippen molar-refractivity contribution in [3.8, 4) is 0 Å². The first kappa shape index (κ1) is 15.5. The van der Waals surface area contributed by atoms with Gasteiger partial charge in [0.2, 0.25) is 0 Å². The normalized spacial score (nSPS) is 13.5. The van der Waals surface area contributed by atoms with Gasteiger partial charge < -0.3 is 5.32 Å². The highest BCUT2D eigenvalue weighted by Gasteiger charge is 2.16. The lowest BCUT2D eigenvalue weighted by Gasteiger charge is -2.21. The maximum Gasteiger partial charge on any atom is 0.0941 e. The smallest absolute Gasteiger partial charge is 0.0941 e. The fourth-order valence-corrected chi connectivity index (χ4v) is 3.39. The van der Waals surface area contributed by atoms with Crippen LogP contribution < -0.4 is 5.32 Å². The van der Waals surface area contributed by atoms with Crippen LogP contribution in [0.4, 0.5) is 0 Å². The first-order valence-corrected chi connectivity index (χ1v) is 8.43. The van der Waals surface area contributed by atoms with Crippen LogP contribution in [0.1, 0.15) is 32.7 Å². The summed E-state index contributed by atoms with van der Waals surface area (Å²) in [4.78, 5) is 4.77. The highest BCUT2D eigenvalue weighted by Crippen LogP contribution is 2.25. The number of benzene rings is 1. The molecular weight excluding hydrogens is 264 g/mol. The van der Waals surface area contributed by atoms with E-state index in [4.69, 9.17) is 4.98 Å². The van der Waals surface area contributed by atoms with Gasteiger partial charge in [0.25, 0.3) is 0 Å². The molecule has 2 aromatic rings. The van der Waals surface area contributed by atoms with Crippen molar-refractivity contribution < 1.29 is 0 Å². The van der Waals surface area contributed by atoms with Crippen LogP contribution in [-0.4, -0.2) is 18.1 Å². The topological polar surface area (TPSA) is 24.9 Å². The summed E-state index contributed by atoms with van der Waals surface area (Å²) < 4.78 is 1.31. The number of rotatable bonds is 7. The summed E-state index contributed by atoms with van der Waals surface area (Å²) in [5.74, 6) is 2.06. The Kier molecular flexibility index (Phi) is 5.55. The van der Waals surface area contributed by atoms with E-state index >= 15 is 0 Å². The lowest BCUT2D eigenvalue weighted by atomic mass is 9.92. The number of aromatic nitrogens is 1. The largest absolute Gasteiger partial charge is 0.316 e. The number of hydrogen-bond donors (Lipinski definition) is 1. The molecule has 0 bridgehead atoms. The number of fused-ring (bicyclic) bond motifs is 1. The second-order valence-corrected chi connectivity index (χ2v) is 7.45. The van der Waals surface area contributed by atoms with Crippen LogP contribution >= 0.6 is 11.3 Å². The van der Waals surface area contributed by atoms with Gasteiger partial charge in [-0.1, -0.05) is 39.8 Å². The van der Waals surface area contributed by atoms with Crippen molar-refractivity contribution in [2.45, 2.75) is 34.1 Å². The van der Waals surface area contributed by atoms with Gasteiger partial charge in [-0.2, -0.15) is 0 Å². The molecule has 20 heavy (non-hydrogen) atoms. The van der Waals surface area contributed by atoms with E-state index in [0.717, 1.165) is 25.0 Å². The third-order valence-electron chi connectivity index (χ3n) is 3.68. The summed E-state index contributed by atoms with van der Waals surface area (Å²) in [6.45, 7) is 11.3. The molecule has 0 aliphatic heterocycles. The van der Waals surface area contributed by atoms with Crippen molar-refractivity contribution in [2.24, 2.45) is 17.8 Å². The second-order valence-electron chi connectivity index (χ2n) is 6.34. The molecule has 0 saturated carbocycles. The maximum absolute atomic E-state index is 4.77. The zero-order valence-electron chi connectivity index (χ0n) is 13.0. The fourth-order valence-electron chi connectivity index (χ4n) is 2.33. The average molecular weight is 290 g/mol. The number of nitrogens with zero attached hydrogens (tertiary/aromatic N) is 1. The Morgan fingerprint density at radius 3 is 2.50 bits per heavy atom. The van der Waals surface area contributed by atoms with Crippen LogP contribution in [0, 0.1) is 17.8 Å². The Labute approximate surface area is 126 Å². The van der Waals surface area contributed by atoms with Gasteiger partial charge in [0.05, 0.1) is 15.2 Å². The highest BCUT2D eigenvalue weighted by atomic mass is 32.1. The predicted octanol–water partition coefficient (Wildman–Crippen LogP) is 4.36. The van der Waals surface area contributed by atoms with E-state index in [1.54, 1.807) is 0 Å². The molecule has 0 saturated heterocycles. The SMILES string of the molecule is CC(C)CNCC(Cc1nc2ccccc2s1)C(C)C. The van der Waals surface area contributed by atoms with Crippen molar-refractivity contribution >= 4 is 21.6 Å². The monoisotopic (exact) mass is 290 g/mol. The standard InChI is InChI=1S/C17H26N2S/c1-12(2)10-18-11-14(13(3)4)9-17-19-15-7-5-6-8-16(15)20-17/h5-8,12-14,18H,9-11H2,1-4H3. The van der Waals surface area contributed by atoms with Gasteiger partial charge in [0.1, 0.15) is 0 Å². The third-order valence-corrected chi connectivity index (χ3v) is 4.74. The van der Waals surface area contributed by atoms with Crippen LogP contribution in [-0.2, 0) is 6.42 Å². The summed E-state index contributed by atoms with van der Waals surface area (Å²) in [6.07, 6.45) is 1.09. The first-order chi connectivity index (χ1) is 9.56. The molecule has 0 aliphatic carbocycles. The molecule has 1 atom stereocenters. The summed E-state index contributed by atoms with van der Waals surface area (Å²) in [5.41, 5.74) is 1.14. The molecule has 1 aromatic carbocycles. The fraction of sp³-hybridized carbons (Fsp3) is 0.588. The van der Waals surface area contributed by atoms with E-state index in [1.807, 2.05) is 11.3 Å². The average Bonchev–Trinajstić information content (AvgIpc) is 2.79. The zero-order chi connectivity index (χ0) is 14.5. The Morgan fingerprint density at radius 1 is 1.10 bits per heavy atom. The summed E-state index contributed by atoms with van der Waals surface area (Å²) in [7, 11) is 0. The van der Waals surface area contributed by atoms with Gasteiger partial charge in [-0.25, -0.2) is 4.98 Å². The molecule has 1 unspecified atom stereocenters. The third kappa shape index (κ3) is 4.29. The Balaban J connectivity index is 1.99. The van der Waals surface area contributed by atoms with Crippen molar-refractivity contribution in [1.29, 1.82) is 0 Å². The molecule has 0 radical (unpaired) electrons. The van der Waals surface area contributed by atoms with Crippen molar-refractivity contribution in [1.82, 2.24) is 10.3 Å². The highest BCUT2D eigenvalue weighted by molar-refractivity contribution is 7.18. The molecule has 0 amide bonds. The minimum atomic E-state index is 0.661. The minimum absolute atomic E-state index is 0.661. The summed E-state index contributed by atoms with van der Waals surface area (Å²) in [6, 6.07) is 8.43. The molecule has 0 spiro atoms. The second kappa shape index (κ2) is 7.19. The van der Waals surface area contributed by atoms with Gasteiger partial charge in [0, 0.05) is 6.42 Å². The van der Waals surface area contributed by atoms with Crippen LogP contribution in [0.15, 0.2) is 24.3 Å². The summed E-state index contributed by atoms with van der Waals surface area (Å²) in [5, 5.41) is 4.87. The quantitative estimate of drug-likeness (QED) is 0.819. The molecule has 1 heterocycles. The Bertz CT molecular complexity index is 498. The molecule has 0 aliphatic rings. The van der Waals surface area contributed by atoms with E-state index in [0.29, 0.717) is 17.8 Å². The van der Waals surface area contributed by atoms with Crippen molar-refractivity contribution in [2.75, 3.05) is 13.1 Å². The molecule has 3 heteroatoms. The first-order valence-electron chi connectivity index (χ1n) is 7.61. The van der Waals surface area contributed by atoms with Gasteiger partial charge in [-0.15, -0.1) is 11.3 Å². The number of nitrogens with one attached hydrogen (secondary N) is 1. The maximum atomic E-state index is 4.77. The number of hydrogen-bond acceptors (Lipinski definition) is 3. The zero-order valence-corrected chi connectivity index (χ0v) is 13.8. The Morgan fingerprint density at radius 2 is 1.85 bits per heavy atom. The van der Waals surface area contributed by atoms with Crippen LogP contribution in [0.2, 0.25) is 0 Å². The van der Waals surface area contributed by atoms with Gasteiger partial charge >= 0.3 is 0 Å². The molecule has 2 nitrogen and oxygen atoms in total. The van der Waals surface area contributed by atoms with Gasteiger partial charge in [-0.3, -0.25) is 0 Å². The van der Waals surface area contributed by atoms with Crippen molar-refractivity contribution in [3.63, 3.8) is 0 Å². The molecule has 0 fully saturated rings. The molecule has 1 N–H and O–H groups in total. The number of para-hydroxylation sites is 1. The van der Waals surface area contributed by atoms with E-state index in [-0.39, 0.29) is 0 Å². The van der Waals surface area contributed by atoms with E-state index in [9.17, 15) is 0 Å².